The van der Waals surface area contributed by atoms with Crippen LogP contribution in [0.5, 0.6) is 5.75 Å². The van der Waals surface area contributed by atoms with E-state index in [-0.39, 0.29) is 23.6 Å². The van der Waals surface area contributed by atoms with Crippen molar-refractivity contribution in [3.63, 3.8) is 0 Å². The number of nitrogens with two attached hydrogens (primary N) is 1. The van der Waals surface area contributed by atoms with Gasteiger partial charge in [-0.1, -0.05) is 12.2 Å². The summed E-state index contributed by atoms with van der Waals surface area (Å²) in [6.45, 7) is -1.34. The van der Waals surface area contributed by atoms with E-state index in [1.54, 1.807) is 12.2 Å². The molecule has 3 N–H and O–H groups in total. The number of amides is 1. The number of hydrogen-bond acceptors (Lipinski definition) is 3. The monoisotopic (exact) mass is 300 g/mol. The summed E-state index contributed by atoms with van der Waals surface area (Å²) >= 11 is 0. The van der Waals surface area contributed by atoms with Crippen LogP contribution in [0.3, 0.4) is 0 Å². The van der Waals surface area contributed by atoms with Gasteiger partial charge in [0.1, 0.15) is 5.75 Å². The van der Waals surface area contributed by atoms with Gasteiger partial charge in [-0.15, -0.1) is 0 Å². The average Bonchev–Trinajstić information content (AvgIpc) is 2.84. The Balaban J connectivity index is 1.87. The SMILES string of the molecule is NC1C=CC(C(=O)Nc2ccc(OCC(F)(F)F)cc2)C1. The van der Waals surface area contributed by atoms with Gasteiger partial charge in [0, 0.05) is 11.7 Å². The van der Waals surface area contributed by atoms with Gasteiger partial charge in [-0.3, -0.25) is 4.79 Å². The number of benzene rings is 1. The molecule has 2 atom stereocenters. The lowest BCUT2D eigenvalue weighted by Crippen LogP contribution is -2.24. The van der Waals surface area contributed by atoms with Gasteiger partial charge in [0.05, 0.1) is 5.92 Å². The van der Waals surface area contributed by atoms with Gasteiger partial charge in [-0.2, -0.15) is 13.2 Å². The van der Waals surface area contributed by atoms with Gasteiger partial charge in [-0.05, 0) is 30.7 Å². The number of carbonyl (C=O) groups excluding carboxylic acids is 1. The van der Waals surface area contributed by atoms with E-state index in [1.807, 2.05) is 0 Å². The number of nitrogens with one attached hydrogen (secondary N) is 1. The van der Waals surface area contributed by atoms with Crippen molar-refractivity contribution in [1.82, 2.24) is 0 Å². The topological polar surface area (TPSA) is 64.4 Å². The molecule has 1 aliphatic carbocycles. The molecule has 21 heavy (non-hydrogen) atoms. The molecule has 0 saturated heterocycles. The highest BCUT2D eigenvalue weighted by molar-refractivity contribution is 5.94. The molecule has 1 aromatic carbocycles. The Kier molecular flexibility index (Phi) is 4.52. The molecule has 0 radical (unpaired) electrons. The maximum Gasteiger partial charge on any atom is 0.422 e. The number of halogens is 3. The van der Waals surface area contributed by atoms with E-state index in [4.69, 9.17) is 5.73 Å². The highest BCUT2D eigenvalue weighted by Gasteiger charge is 2.28. The molecule has 4 nitrogen and oxygen atoms in total. The lowest BCUT2D eigenvalue weighted by atomic mass is 10.1. The molecule has 7 heteroatoms. The summed E-state index contributed by atoms with van der Waals surface area (Å²) in [5.41, 5.74) is 6.16. The van der Waals surface area contributed by atoms with Crippen LogP contribution < -0.4 is 15.8 Å². The lowest BCUT2D eigenvalue weighted by molar-refractivity contribution is -0.153. The lowest BCUT2D eigenvalue weighted by Gasteiger charge is -2.12. The summed E-state index contributed by atoms with van der Waals surface area (Å²) in [7, 11) is 0. The first-order valence-electron chi connectivity index (χ1n) is 6.38. The summed E-state index contributed by atoms with van der Waals surface area (Å²) in [5, 5.41) is 2.68. The number of alkyl halides is 3. The van der Waals surface area contributed by atoms with Gasteiger partial charge in [0.2, 0.25) is 5.91 Å². The first-order valence-corrected chi connectivity index (χ1v) is 6.38. The minimum atomic E-state index is -4.37. The van der Waals surface area contributed by atoms with Crippen LogP contribution in [-0.4, -0.2) is 24.7 Å². The van der Waals surface area contributed by atoms with E-state index in [2.05, 4.69) is 10.1 Å². The molecule has 2 unspecified atom stereocenters. The maximum atomic E-state index is 12.0. The molecule has 114 valence electrons. The average molecular weight is 300 g/mol. The molecule has 1 amide bonds. The maximum absolute atomic E-state index is 12.0. The minimum Gasteiger partial charge on any atom is -0.484 e. The third kappa shape index (κ3) is 4.78. The zero-order chi connectivity index (χ0) is 15.5. The van der Waals surface area contributed by atoms with E-state index in [0.717, 1.165) is 0 Å². The highest BCUT2D eigenvalue weighted by atomic mass is 19.4. The van der Waals surface area contributed by atoms with Crippen LogP contribution in [0.1, 0.15) is 6.42 Å². The normalized spacial score (nSPS) is 21.3. The fourth-order valence-corrected chi connectivity index (χ4v) is 1.96. The summed E-state index contributed by atoms with van der Waals surface area (Å²) < 4.78 is 40.6. The third-order valence-electron chi connectivity index (χ3n) is 2.98. The molecule has 2 rings (SSSR count). The van der Waals surface area contributed by atoms with Crippen LogP contribution in [0.15, 0.2) is 36.4 Å². The standard InChI is InChI=1S/C14H15F3N2O2/c15-14(16,17)8-21-12-5-3-11(4-6-12)19-13(20)9-1-2-10(18)7-9/h1-6,9-10H,7-8,18H2,(H,19,20). The Bertz CT molecular complexity index is 526. The molecule has 0 heterocycles. The smallest absolute Gasteiger partial charge is 0.422 e. The number of anilines is 1. The fraction of sp³-hybridized carbons (Fsp3) is 0.357. The molecule has 0 aromatic heterocycles. The van der Waals surface area contributed by atoms with Crippen molar-refractivity contribution in [2.24, 2.45) is 11.7 Å². The highest BCUT2D eigenvalue weighted by Crippen LogP contribution is 2.22. The number of hydrogen-bond donors (Lipinski definition) is 2. The molecular weight excluding hydrogens is 285 g/mol. The van der Waals surface area contributed by atoms with Crippen molar-refractivity contribution >= 4 is 11.6 Å². The quantitative estimate of drug-likeness (QED) is 0.840. The molecular formula is C14H15F3N2O2. The van der Waals surface area contributed by atoms with Crippen LogP contribution >= 0.6 is 0 Å². The van der Waals surface area contributed by atoms with Gasteiger partial charge in [-0.25, -0.2) is 0 Å². The predicted octanol–water partition coefficient (Wildman–Crippen LogP) is 2.47. The van der Waals surface area contributed by atoms with Crippen LogP contribution in [0.4, 0.5) is 18.9 Å². The summed E-state index contributed by atoms with van der Waals surface area (Å²) in [4.78, 5) is 11.9. The Morgan fingerprint density at radius 1 is 1.29 bits per heavy atom. The number of carbonyl (C=O) groups is 1. The number of rotatable bonds is 4. The summed E-state index contributed by atoms with van der Waals surface area (Å²) in [6.07, 6.45) is -0.293. The zero-order valence-corrected chi connectivity index (χ0v) is 11.1. The summed E-state index contributed by atoms with van der Waals surface area (Å²) in [5.74, 6) is -0.377. The molecule has 1 aromatic rings. The van der Waals surface area contributed by atoms with Crippen molar-refractivity contribution < 1.29 is 22.7 Å². The van der Waals surface area contributed by atoms with Crippen LogP contribution in [-0.2, 0) is 4.79 Å². The van der Waals surface area contributed by atoms with Crippen molar-refractivity contribution in [2.75, 3.05) is 11.9 Å². The Morgan fingerprint density at radius 2 is 1.95 bits per heavy atom. The van der Waals surface area contributed by atoms with Crippen LogP contribution in [0.25, 0.3) is 0 Å². The second-order valence-corrected chi connectivity index (χ2v) is 4.81. The first-order chi connectivity index (χ1) is 9.83. The molecule has 0 bridgehead atoms. The van der Waals surface area contributed by atoms with E-state index in [0.29, 0.717) is 12.1 Å². The Hall–Kier alpha value is -2.02. The van der Waals surface area contributed by atoms with Crippen LogP contribution in [0.2, 0.25) is 0 Å². The van der Waals surface area contributed by atoms with E-state index < -0.39 is 12.8 Å². The van der Waals surface area contributed by atoms with E-state index in [9.17, 15) is 18.0 Å². The largest absolute Gasteiger partial charge is 0.484 e. The zero-order valence-electron chi connectivity index (χ0n) is 11.1. The van der Waals surface area contributed by atoms with Crippen molar-refractivity contribution in [3.05, 3.63) is 36.4 Å². The van der Waals surface area contributed by atoms with Crippen LogP contribution in [0, 0.1) is 5.92 Å². The van der Waals surface area contributed by atoms with Gasteiger partial charge < -0.3 is 15.8 Å². The molecule has 0 saturated carbocycles. The fourth-order valence-electron chi connectivity index (χ4n) is 1.96. The Morgan fingerprint density at radius 3 is 2.48 bits per heavy atom. The predicted molar refractivity (Wildman–Crippen MR) is 71.8 cm³/mol. The van der Waals surface area contributed by atoms with Gasteiger partial charge >= 0.3 is 6.18 Å². The second kappa shape index (κ2) is 6.17. The molecule has 0 aliphatic heterocycles. The van der Waals surface area contributed by atoms with Gasteiger partial charge in [0.25, 0.3) is 0 Å². The summed E-state index contributed by atoms with van der Waals surface area (Å²) in [6, 6.07) is 5.61. The Labute approximate surface area is 119 Å². The van der Waals surface area contributed by atoms with Crippen molar-refractivity contribution in [3.8, 4) is 5.75 Å². The third-order valence-corrected chi connectivity index (χ3v) is 2.98. The van der Waals surface area contributed by atoms with Crippen molar-refractivity contribution in [2.45, 2.75) is 18.6 Å². The van der Waals surface area contributed by atoms with Gasteiger partial charge in [0.15, 0.2) is 6.61 Å². The molecule has 0 spiro atoms. The minimum absolute atomic E-state index is 0.0908. The van der Waals surface area contributed by atoms with E-state index in [1.165, 1.54) is 24.3 Å². The first kappa shape index (κ1) is 15.4. The second-order valence-electron chi connectivity index (χ2n) is 4.81. The van der Waals surface area contributed by atoms with E-state index >= 15 is 0 Å². The van der Waals surface area contributed by atoms with Crippen molar-refractivity contribution in [1.29, 1.82) is 0 Å². The molecule has 0 fully saturated rings. The molecule has 1 aliphatic rings. The number of ether oxygens (including phenoxy) is 1.